The fourth-order valence-electron chi connectivity index (χ4n) is 2.23. The smallest absolute Gasteiger partial charge is 0.209 e. The van der Waals surface area contributed by atoms with Gasteiger partial charge in [0, 0.05) is 12.0 Å². The highest BCUT2D eigenvalue weighted by molar-refractivity contribution is 8.00. The predicted molar refractivity (Wildman–Crippen MR) is 74.9 cm³/mol. The number of aromatic nitrogens is 3. The summed E-state index contributed by atoms with van der Waals surface area (Å²) in [5, 5.41) is 7.83. The average Bonchev–Trinajstić information content (AvgIpc) is 2.91. The molecule has 0 unspecified atom stereocenters. The van der Waals surface area contributed by atoms with E-state index in [-0.39, 0.29) is 5.25 Å². The lowest BCUT2D eigenvalue weighted by atomic mass is 9.99. The van der Waals surface area contributed by atoms with Crippen LogP contribution in [0.1, 0.15) is 25.7 Å². The Hall–Kier alpha value is -1.62. The van der Waals surface area contributed by atoms with Crippen molar-refractivity contribution in [2.24, 2.45) is 0 Å². The van der Waals surface area contributed by atoms with Crippen molar-refractivity contribution < 1.29 is 4.79 Å². The molecule has 1 atom stereocenters. The third-order valence-corrected chi connectivity index (χ3v) is 4.43. The maximum atomic E-state index is 11.8. The molecule has 2 aromatic rings. The molecule has 1 aromatic heterocycles. The van der Waals surface area contributed by atoms with Crippen LogP contribution < -0.4 is 0 Å². The molecule has 0 amide bonds. The van der Waals surface area contributed by atoms with Crippen LogP contribution in [-0.2, 0) is 4.79 Å². The Labute approximate surface area is 116 Å². The third-order valence-electron chi connectivity index (χ3n) is 3.26. The van der Waals surface area contributed by atoms with Gasteiger partial charge in [0.2, 0.25) is 5.16 Å². The SMILES string of the molecule is O=C1CCCC[C@@H]1Sc1n[nH]c(-c2ccccc2)n1. The summed E-state index contributed by atoms with van der Waals surface area (Å²) in [6, 6.07) is 9.88. The van der Waals surface area contributed by atoms with E-state index < -0.39 is 0 Å². The van der Waals surface area contributed by atoms with E-state index in [0.717, 1.165) is 30.7 Å². The van der Waals surface area contributed by atoms with E-state index in [4.69, 9.17) is 0 Å². The maximum absolute atomic E-state index is 11.8. The van der Waals surface area contributed by atoms with Crippen LogP contribution in [0.3, 0.4) is 0 Å². The van der Waals surface area contributed by atoms with E-state index in [1.165, 1.54) is 11.8 Å². The summed E-state index contributed by atoms with van der Waals surface area (Å²) in [6.45, 7) is 0. The molecule has 98 valence electrons. The Morgan fingerprint density at radius 1 is 1.21 bits per heavy atom. The number of ketones is 1. The molecule has 1 aliphatic carbocycles. The number of benzene rings is 1. The Balaban J connectivity index is 1.73. The van der Waals surface area contributed by atoms with Crippen LogP contribution in [0.2, 0.25) is 0 Å². The highest BCUT2D eigenvalue weighted by atomic mass is 32.2. The van der Waals surface area contributed by atoms with Crippen LogP contribution in [-0.4, -0.2) is 26.2 Å². The number of Topliss-reactive ketones (excluding diaryl/α,β-unsaturated/α-hetero) is 1. The molecule has 0 saturated heterocycles. The van der Waals surface area contributed by atoms with Gasteiger partial charge in [-0.15, -0.1) is 5.10 Å². The molecule has 1 N–H and O–H groups in total. The first-order valence-corrected chi connectivity index (χ1v) is 7.38. The molecule has 1 saturated carbocycles. The van der Waals surface area contributed by atoms with E-state index in [1.54, 1.807) is 0 Å². The van der Waals surface area contributed by atoms with Crippen molar-refractivity contribution in [1.82, 2.24) is 15.2 Å². The standard InChI is InChI=1S/C14H15N3OS/c18-11-8-4-5-9-12(11)19-14-15-13(16-17-14)10-6-2-1-3-7-10/h1-3,6-7,12H,4-5,8-9H2,(H,15,16,17)/t12-/m0/s1. The van der Waals surface area contributed by atoms with Crippen LogP contribution in [0.25, 0.3) is 11.4 Å². The summed E-state index contributed by atoms with van der Waals surface area (Å²) < 4.78 is 0. The van der Waals surface area contributed by atoms with Crippen molar-refractivity contribution >= 4 is 17.5 Å². The highest BCUT2D eigenvalue weighted by Gasteiger charge is 2.24. The molecule has 0 radical (unpaired) electrons. The monoisotopic (exact) mass is 273 g/mol. The Morgan fingerprint density at radius 2 is 2.05 bits per heavy atom. The van der Waals surface area contributed by atoms with Crippen LogP contribution in [0, 0.1) is 0 Å². The van der Waals surface area contributed by atoms with E-state index >= 15 is 0 Å². The first-order valence-electron chi connectivity index (χ1n) is 6.50. The topological polar surface area (TPSA) is 58.6 Å². The molecule has 1 heterocycles. The second kappa shape index (κ2) is 5.57. The number of carbonyl (C=O) groups excluding carboxylic acids is 1. The molecule has 0 aliphatic heterocycles. The Bertz CT molecular complexity index is 567. The molecule has 5 heteroatoms. The van der Waals surface area contributed by atoms with Crippen molar-refractivity contribution in [3.63, 3.8) is 0 Å². The van der Waals surface area contributed by atoms with E-state index in [0.29, 0.717) is 17.4 Å². The van der Waals surface area contributed by atoms with E-state index in [1.807, 2.05) is 30.3 Å². The van der Waals surface area contributed by atoms with E-state index in [2.05, 4.69) is 15.2 Å². The van der Waals surface area contributed by atoms with Gasteiger partial charge in [0.15, 0.2) is 5.82 Å². The first kappa shape index (κ1) is 12.4. The molecular weight excluding hydrogens is 258 g/mol. The predicted octanol–water partition coefficient (Wildman–Crippen LogP) is 3.08. The fourth-order valence-corrected chi connectivity index (χ4v) is 3.26. The van der Waals surface area contributed by atoms with Gasteiger partial charge < -0.3 is 0 Å². The lowest BCUT2D eigenvalue weighted by Crippen LogP contribution is -2.21. The number of nitrogens with one attached hydrogen (secondary N) is 1. The van der Waals surface area contributed by atoms with Gasteiger partial charge in [0.1, 0.15) is 5.78 Å². The molecular formula is C14H15N3OS. The molecule has 1 aliphatic rings. The number of rotatable bonds is 3. The van der Waals surface area contributed by atoms with Gasteiger partial charge in [0.25, 0.3) is 0 Å². The second-order valence-electron chi connectivity index (χ2n) is 4.65. The maximum Gasteiger partial charge on any atom is 0.209 e. The van der Waals surface area contributed by atoms with Crippen LogP contribution in [0.4, 0.5) is 0 Å². The molecule has 1 aromatic carbocycles. The molecule has 3 rings (SSSR count). The number of thioether (sulfide) groups is 1. The number of H-pyrrole nitrogens is 1. The summed E-state index contributed by atoms with van der Waals surface area (Å²) >= 11 is 1.49. The first-order chi connectivity index (χ1) is 9.33. The summed E-state index contributed by atoms with van der Waals surface area (Å²) in [5.74, 6) is 1.09. The third kappa shape index (κ3) is 2.87. The minimum atomic E-state index is 0.0353. The molecule has 4 nitrogen and oxygen atoms in total. The van der Waals surface area contributed by atoms with Crippen molar-refractivity contribution in [1.29, 1.82) is 0 Å². The van der Waals surface area contributed by atoms with Crippen LogP contribution >= 0.6 is 11.8 Å². The number of aromatic amines is 1. The normalized spacial score (nSPS) is 19.6. The number of hydrogen-bond donors (Lipinski definition) is 1. The minimum Gasteiger partial charge on any atom is -0.298 e. The molecule has 1 fully saturated rings. The number of hydrogen-bond acceptors (Lipinski definition) is 4. The quantitative estimate of drug-likeness (QED) is 0.933. The molecule has 0 bridgehead atoms. The summed E-state index contributed by atoms with van der Waals surface area (Å²) in [6.07, 6.45) is 3.80. The van der Waals surface area contributed by atoms with Gasteiger partial charge in [-0.1, -0.05) is 48.5 Å². The van der Waals surface area contributed by atoms with Crippen molar-refractivity contribution in [3.05, 3.63) is 30.3 Å². The number of nitrogens with zero attached hydrogens (tertiary/aromatic N) is 2. The average molecular weight is 273 g/mol. The molecule has 0 spiro atoms. The van der Waals surface area contributed by atoms with Gasteiger partial charge in [-0.05, 0) is 12.8 Å². The van der Waals surface area contributed by atoms with Crippen molar-refractivity contribution in [3.8, 4) is 11.4 Å². The summed E-state index contributed by atoms with van der Waals surface area (Å²) in [4.78, 5) is 16.2. The van der Waals surface area contributed by atoms with Gasteiger partial charge in [-0.25, -0.2) is 4.98 Å². The second-order valence-corrected chi connectivity index (χ2v) is 5.82. The zero-order valence-corrected chi connectivity index (χ0v) is 11.3. The minimum absolute atomic E-state index is 0.0353. The van der Waals surface area contributed by atoms with Crippen molar-refractivity contribution in [2.75, 3.05) is 0 Å². The Morgan fingerprint density at radius 3 is 2.84 bits per heavy atom. The van der Waals surface area contributed by atoms with Gasteiger partial charge in [0.05, 0.1) is 5.25 Å². The summed E-state index contributed by atoms with van der Waals surface area (Å²) in [7, 11) is 0. The van der Waals surface area contributed by atoms with Gasteiger partial charge in [-0.2, -0.15) is 0 Å². The largest absolute Gasteiger partial charge is 0.298 e. The fraction of sp³-hybridized carbons (Fsp3) is 0.357. The summed E-state index contributed by atoms with van der Waals surface area (Å²) in [5.41, 5.74) is 1.01. The lowest BCUT2D eigenvalue weighted by molar-refractivity contribution is -0.119. The highest BCUT2D eigenvalue weighted by Crippen LogP contribution is 2.30. The van der Waals surface area contributed by atoms with Gasteiger partial charge >= 0.3 is 0 Å². The van der Waals surface area contributed by atoms with Gasteiger partial charge in [-0.3, -0.25) is 9.89 Å². The van der Waals surface area contributed by atoms with Crippen LogP contribution in [0.15, 0.2) is 35.5 Å². The van der Waals surface area contributed by atoms with Crippen LogP contribution in [0.5, 0.6) is 0 Å². The zero-order chi connectivity index (χ0) is 13.1. The zero-order valence-electron chi connectivity index (χ0n) is 10.5. The van der Waals surface area contributed by atoms with E-state index in [9.17, 15) is 4.79 Å². The molecule has 19 heavy (non-hydrogen) atoms. The van der Waals surface area contributed by atoms with Crippen molar-refractivity contribution in [2.45, 2.75) is 36.1 Å². The lowest BCUT2D eigenvalue weighted by Gasteiger charge is -2.17. The number of carbonyl (C=O) groups is 1. The Kier molecular flexibility index (Phi) is 3.64.